The van der Waals surface area contributed by atoms with E-state index in [-0.39, 0.29) is 4.90 Å². The van der Waals surface area contributed by atoms with Crippen molar-refractivity contribution in [3.8, 4) is 0 Å². The maximum Gasteiger partial charge on any atom is 0.294 e. The van der Waals surface area contributed by atoms with Crippen LogP contribution in [0, 0.1) is 0 Å². The number of rotatable bonds is 16. The van der Waals surface area contributed by atoms with Gasteiger partial charge in [0, 0.05) is 0 Å². The molecule has 0 amide bonds. The van der Waals surface area contributed by atoms with Crippen LogP contribution in [0.5, 0.6) is 0 Å². The van der Waals surface area contributed by atoms with Gasteiger partial charge >= 0.3 is 0 Å². The zero-order chi connectivity index (χ0) is 20.8. The van der Waals surface area contributed by atoms with Crippen molar-refractivity contribution < 1.29 is 13.0 Å². The average Bonchev–Trinajstić information content (AvgIpc) is 2.65. The van der Waals surface area contributed by atoms with E-state index in [2.05, 4.69) is 20.8 Å². The van der Waals surface area contributed by atoms with Crippen molar-refractivity contribution in [3.05, 3.63) is 28.8 Å². The first-order chi connectivity index (χ1) is 13.5. The highest BCUT2D eigenvalue weighted by Crippen LogP contribution is 2.28. The molecule has 1 aromatic rings. The van der Waals surface area contributed by atoms with Gasteiger partial charge in [-0.1, -0.05) is 84.6 Å². The molecule has 0 atom stereocenters. The third kappa shape index (κ3) is 9.09. The number of aryl methyl sites for hydroxylation is 1. The van der Waals surface area contributed by atoms with Gasteiger partial charge < -0.3 is 0 Å². The molecular weight excluding hydrogens is 368 g/mol. The topological polar surface area (TPSA) is 54.4 Å². The quantitative estimate of drug-likeness (QED) is 0.230. The Morgan fingerprint density at radius 1 is 0.643 bits per heavy atom. The normalized spacial score (nSPS) is 11.9. The summed E-state index contributed by atoms with van der Waals surface area (Å²) < 4.78 is 33.9. The minimum Gasteiger partial charge on any atom is -0.282 e. The first-order valence-electron chi connectivity index (χ1n) is 11.6. The van der Waals surface area contributed by atoms with E-state index < -0.39 is 10.1 Å². The van der Waals surface area contributed by atoms with Crippen LogP contribution in [0.15, 0.2) is 17.0 Å². The SMILES string of the molecule is CCCCCCc1ccc(S(=O)(=O)O)c(CCCCCC)c1CCCCCC. The van der Waals surface area contributed by atoms with E-state index in [1.165, 1.54) is 56.1 Å². The highest BCUT2D eigenvalue weighted by molar-refractivity contribution is 7.85. The highest BCUT2D eigenvalue weighted by Gasteiger charge is 2.20. The molecule has 1 aromatic carbocycles. The lowest BCUT2D eigenvalue weighted by atomic mass is 9.90. The number of hydrogen-bond donors (Lipinski definition) is 1. The summed E-state index contributed by atoms with van der Waals surface area (Å²) in [4.78, 5) is 0.145. The predicted molar refractivity (Wildman–Crippen MR) is 120 cm³/mol. The average molecular weight is 411 g/mol. The van der Waals surface area contributed by atoms with Gasteiger partial charge in [-0.2, -0.15) is 8.42 Å². The van der Waals surface area contributed by atoms with Crippen LogP contribution in [0.25, 0.3) is 0 Å². The molecule has 0 bridgehead atoms. The van der Waals surface area contributed by atoms with Crippen molar-refractivity contribution in [2.75, 3.05) is 0 Å². The van der Waals surface area contributed by atoms with E-state index in [0.29, 0.717) is 0 Å². The molecule has 0 aliphatic heterocycles. The Kier molecular flexibility index (Phi) is 12.7. The van der Waals surface area contributed by atoms with Gasteiger partial charge in [0.15, 0.2) is 0 Å². The van der Waals surface area contributed by atoms with Crippen molar-refractivity contribution in [1.29, 1.82) is 0 Å². The summed E-state index contributed by atoms with van der Waals surface area (Å²) in [5.74, 6) is 0. The second-order valence-electron chi connectivity index (χ2n) is 8.09. The molecule has 0 aliphatic rings. The van der Waals surface area contributed by atoms with Crippen LogP contribution >= 0.6 is 0 Å². The first-order valence-corrected chi connectivity index (χ1v) is 13.0. The number of benzene rings is 1. The molecule has 0 radical (unpaired) electrons. The first kappa shape index (κ1) is 25.2. The Hall–Kier alpha value is -0.870. The molecule has 0 saturated heterocycles. The molecule has 0 saturated carbocycles. The van der Waals surface area contributed by atoms with Gasteiger partial charge in [0.05, 0.1) is 4.90 Å². The summed E-state index contributed by atoms with van der Waals surface area (Å²) in [5.41, 5.74) is 3.40. The van der Waals surface area contributed by atoms with E-state index in [4.69, 9.17) is 0 Å². The summed E-state index contributed by atoms with van der Waals surface area (Å²) in [6.45, 7) is 6.60. The van der Waals surface area contributed by atoms with Crippen LogP contribution < -0.4 is 0 Å². The fraction of sp³-hybridized carbons (Fsp3) is 0.750. The Balaban J connectivity index is 3.14. The number of hydrogen-bond acceptors (Lipinski definition) is 2. The molecule has 0 aliphatic carbocycles. The summed E-state index contributed by atoms with van der Waals surface area (Å²) in [6, 6.07) is 3.61. The minimum atomic E-state index is -4.18. The molecule has 162 valence electrons. The third-order valence-electron chi connectivity index (χ3n) is 5.62. The third-order valence-corrected chi connectivity index (χ3v) is 6.56. The van der Waals surface area contributed by atoms with Gasteiger partial charge in [-0.3, -0.25) is 4.55 Å². The van der Waals surface area contributed by atoms with Crippen LogP contribution in [0.3, 0.4) is 0 Å². The van der Waals surface area contributed by atoms with Crippen LogP contribution in [0.2, 0.25) is 0 Å². The van der Waals surface area contributed by atoms with E-state index >= 15 is 0 Å². The van der Waals surface area contributed by atoms with E-state index in [1.54, 1.807) is 6.07 Å². The molecule has 0 spiro atoms. The molecule has 0 aromatic heterocycles. The van der Waals surface area contributed by atoms with Crippen LogP contribution in [-0.2, 0) is 29.4 Å². The Bertz CT molecular complexity index is 650. The van der Waals surface area contributed by atoms with Crippen molar-refractivity contribution in [1.82, 2.24) is 0 Å². The van der Waals surface area contributed by atoms with Gasteiger partial charge in [-0.15, -0.1) is 0 Å². The van der Waals surface area contributed by atoms with Gasteiger partial charge in [-0.25, -0.2) is 0 Å². The molecule has 1 rings (SSSR count). The van der Waals surface area contributed by atoms with Crippen molar-refractivity contribution >= 4 is 10.1 Å². The Morgan fingerprint density at radius 2 is 1.11 bits per heavy atom. The largest absolute Gasteiger partial charge is 0.294 e. The Labute approximate surface area is 174 Å². The summed E-state index contributed by atoms with van der Waals surface area (Å²) in [7, 11) is -4.18. The second-order valence-corrected chi connectivity index (χ2v) is 9.48. The molecule has 0 heterocycles. The maximum atomic E-state index is 12.0. The lowest BCUT2D eigenvalue weighted by Crippen LogP contribution is -2.10. The molecule has 28 heavy (non-hydrogen) atoms. The molecule has 0 unspecified atom stereocenters. The lowest BCUT2D eigenvalue weighted by molar-refractivity contribution is 0.481. The van der Waals surface area contributed by atoms with Gasteiger partial charge in [0.2, 0.25) is 0 Å². The molecule has 1 N–H and O–H groups in total. The molecular formula is C24H42O3S. The van der Waals surface area contributed by atoms with Crippen molar-refractivity contribution in [2.45, 2.75) is 122 Å². The highest BCUT2D eigenvalue weighted by atomic mass is 32.2. The predicted octanol–water partition coefficient (Wildman–Crippen LogP) is 7.30. The van der Waals surface area contributed by atoms with E-state index in [9.17, 15) is 13.0 Å². The van der Waals surface area contributed by atoms with Crippen LogP contribution in [-0.4, -0.2) is 13.0 Å². The van der Waals surface area contributed by atoms with Gasteiger partial charge in [-0.05, 0) is 61.3 Å². The zero-order valence-electron chi connectivity index (χ0n) is 18.4. The second kappa shape index (κ2) is 14.2. The van der Waals surface area contributed by atoms with E-state index in [0.717, 1.165) is 56.9 Å². The molecule has 3 nitrogen and oxygen atoms in total. The zero-order valence-corrected chi connectivity index (χ0v) is 19.2. The smallest absolute Gasteiger partial charge is 0.282 e. The lowest BCUT2D eigenvalue weighted by Gasteiger charge is -2.18. The Morgan fingerprint density at radius 3 is 1.57 bits per heavy atom. The van der Waals surface area contributed by atoms with Crippen molar-refractivity contribution in [3.63, 3.8) is 0 Å². The fourth-order valence-electron chi connectivity index (χ4n) is 3.98. The summed E-state index contributed by atoms with van der Waals surface area (Å²) in [6.07, 6.45) is 16.6. The monoisotopic (exact) mass is 410 g/mol. The van der Waals surface area contributed by atoms with Crippen LogP contribution in [0.1, 0.15) is 115 Å². The summed E-state index contributed by atoms with van der Waals surface area (Å²) in [5, 5.41) is 0. The fourth-order valence-corrected chi connectivity index (χ4v) is 4.76. The standard InChI is InChI=1S/C24H42O3S/c1-4-7-10-13-16-21-19-20-24(28(25,26)27)23(18-15-12-9-6-3)22(21)17-14-11-8-5-2/h19-20H,4-18H2,1-3H3,(H,25,26,27). The minimum absolute atomic E-state index is 0.145. The summed E-state index contributed by atoms with van der Waals surface area (Å²) >= 11 is 0. The van der Waals surface area contributed by atoms with Crippen molar-refractivity contribution in [2.24, 2.45) is 0 Å². The molecule has 0 fully saturated rings. The van der Waals surface area contributed by atoms with Gasteiger partial charge in [0.1, 0.15) is 0 Å². The van der Waals surface area contributed by atoms with Gasteiger partial charge in [0.25, 0.3) is 10.1 Å². The van der Waals surface area contributed by atoms with E-state index in [1.807, 2.05) is 6.07 Å². The van der Waals surface area contributed by atoms with Crippen LogP contribution in [0.4, 0.5) is 0 Å². The number of unbranched alkanes of at least 4 members (excludes halogenated alkanes) is 9. The maximum absolute atomic E-state index is 12.0. The molecule has 4 heteroatoms.